The van der Waals surface area contributed by atoms with Crippen LogP contribution in [0.25, 0.3) is 10.9 Å². The molecule has 7 heteroatoms. The predicted octanol–water partition coefficient (Wildman–Crippen LogP) is 3.09. The SMILES string of the molecule is CS(=O)c1nc(Oc2cccc3cccnc23)c(C#N)s1. The fraction of sp³-hybridized carbons (Fsp3) is 0.0714. The average molecular weight is 315 g/mol. The van der Waals surface area contributed by atoms with E-state index in [-0.39, 0.29) is 5.88 Å². The number of rotatable bonds is 3. The molecule has 0 amide bonds. The van der Waals surface area contributed by atoms with Gasteiger partial charge in [0.2, 0.25) is 5.88 Å². The van der Waals surface area contributed by atoms with Gasteiger partial charge in [0.25, 0.3) is 0 Å². The van der Waals surface area contributed by atoms with E-state index in [1.54, 1.807) is 12.3 Å². The third kappa shape index (κ3) is 2.63. The van der Waals surface area contributed by atoms with Crippen LogP contribution in [0.4, 0.5) is 0 Å². The van der Waals surface area contributed by atoms with Crippen molar-refractivity contribution in [1.29, 1.82) is 5.26 Å². The van der Waals surface area contributed by atoms with Crippen molar-refractivity contribution in [3.63, 3.8) is 0 Å². The summed E-state index contributed by atoms with van der Waals surface area (Å²) >= 11 is 1.07. The van der Waals surface area contributed by atoms with Gasteiger partial charge in [-0.3, -0.25) is 9.19 Å². The lowest BCUT2D eigenvalue weighted by molar-refractivity contribution is 0.466. The van der Waals surface area contributed by atoms with E-state index < -0.39 is 10.8 Å². The maximum Gasteiger partial charge on any atom is 0.249 e. The minimum atomic E-state index is -1.24. The van der Waals surface area contributed by atoms with Gasteiger partial charge < -0.3 is 4.74 Å². The van der Waals surface area contributed by atoms with Crippen LogP contribution >= 0.6 is 11.3 Å². The average Bonchev–Trinajstić information content (AvgIpc) is 2.91. The first-order valence-electron chi connectivity index (χ1n) is 5.95. The van der Waals surface area contributed by atoms with Gasteiger partial charge in [-0.05, 0) is 12.1 Å². The fourth-order valence-corrected chi connectivity index (χ4v) is 3.27. The van der Waals surface area contributed by atoms with E-state index in [9.17, 15) is 4.21 Å². The van der Waals surface area contributed by atoms with E-state index in [0.29, 0.717) is 20.5 Å². The first kappa shape index (κ1) is 13.7. The van der Waals surface area contributed by atoms with Gasteiger partial charge >= 0.3 is 0 Å². The summed E-state index contributed by atoms with van der Waals surface area (Å²) in [6.07, 6.45) is 3.19. The Morgan fingerprint density at radius 2 is 2.14 bits per heavy atom. The van der Waals surface area contributed by atoms with Crippen molar-refractivity contribution < 1.29 is 8.95 Å². The second-order valence-electron chi connectivity index (χ2n) is 4.11. The lowest BCUT2D eigenvalue weighted by Gasteiger charge is -2.05. The van der Waals surface area contributed by atoms with Crippen molar-refractivity contribution >= 4 is 33.0 Å². The van der Waals surface area contributed by atoms with Crippen molar-refractivity contribution in [3.05, 3.63) is 41.4 Å². The maximum absolute atomic E-state index is 11.5. The summed E-state index contributed by atoms with van der Waals surface area (Å²) in [6.45, 7) is 0. The molecule has 3 rings (SSSR count). The smallest absolute Gasteiger partial charge is 0.249 e. The number of benzene rings is 1. The van der Waals surface area contributed by atoms with Crippen LogP contribution in [-0.2, 0) is 10.8 Å². The van der Waals surface area contributed by atoms with Gasteiger partial charge in [0.15, 0.2) is 15.0 Å². The molecule has 0 N–H and O–H groups in total. The Morgan fingerprint density at radius 1 is 1.33 bits per heavy atom. The molecule has 0 aliphatic heterocycles. The van der Waals surface area contributed by atoms with Crippen molar-refractivity contribution in [1.82, 2.24) is 9.97 Å². The molecule has 0 radical (unpaired) electrons. The highest BCUT2D eigenvalue weighted by atomic mass is 32.2. The monoisotopic (exact) mass is 315 g/mol. The Labute approximate surface area is 127 Å². The van der Waals surface area contributed by atoms with E-state index >= 15 is 0 Å². The van der Waals surface area contributed by atoms with Gasteiger partial charge in [-0.2, -0.15) is 10.2 Å². The maximum atomic E-state index is 11.5. The zero-order valence-corrected chi connectivity index (χ0v) is 12.6. The molecule has 0 aliphatic carbocycles. The number of nitriles is 1. The molecule has 0 fully saturated rings. The zero-order valence-electron chi connectivity index (χ0n) is 10.9. The molecule has 0 saturated carbocycles. The topological polar surface area (TPSA) is 75.9 Å². The lowest BCUT2D eigenvalue weighted by Crippen LogP contribution is -1.91. The summed E-state index contributed by atoms with van der Waals surface area (Å²) in [5.74, 6) is 0.689. The molecule has 104 valence electrons. The van der Waals surface area contributed by atoms with Gasteiger partial charge in [-0.25, -0.2) is 0 Å². The Balaban J connectivity index is 2.07. The number of fused-ring (bicyclic) bond motifs is 1. The Morgan fingerprint density at radius 3 is 2.90 bits per heavy atom. The lowest BCUT2D eigenvalue weighted by atomic mass is 10.2. The Hall–Kier alpha value is -2.30. The van der Waals surface area contributed by atoms with Gasteiger partial charge in [-0.15, -0.1) is 0 Å². The van der Waals surface area contributed by atoms with Gasteiger partial charge in [-0.1, -0.05) is 29.5 Å². The van der Waals surface area contributed by atoms with Crippen LogP contribution in [0, 0.1) is 11.3 Å². The highest BCUT2D eigenvalue weighted by molar-refractivity contribution is 7.86. The number of aromatic nitrogens is 2. The van der Waals surface area contributed by atoms with E-state index in [2.05, 4.69) is 9.97 Å². The van der Waals surface area contributed by atoms with E-state index in [1.165, 1.54) is 6.26 Å². The Bertz CT molecular complexity index is 878. The largest absolute Gasteiger partial charge is 0.435 e. The zero-order chi connectivity index (χ0) is 14.8. The van der Waals surface area contributed by atoms with Crippen LogP contribution in [0.5, 0.6) is 11.6 Å². The molecule has 2 heterocycles. The molecule has 0 bridgehead atoms. The standard InChI is InChI=1S/C14H9N3O2S2/c1-21(18)14-17-13(11(8-15)20-14)19-10-6-2-4-9-5-3-7-16-12(9)10/h2-7H,1H3. The summed E-state index contributed by atoms with van der Waals surface area (Å²) in [5, 5.41) is 10.1. The number of ether oxygens (including phenoxy) is 1. The van der Waals surface area contributed by atoms with Crippen LogP contribution in [-0.4, -0.2) is 20.4 Å². The molecule has 1 unspecified atom stereocenters. The first-order valence-corrected chi connectivity index (χ1v) is 8.32. The number of hydrogen-bond donors (Lipinski definition) is 0. The summed E-state index contributed by atoms with van der Waals surface area (Å²) in [7, 11) is -1.24. The van der Waals surface area contributed by atoms with Crippen molar-refractivity contribution in [3.8, 4) is 17.7 Å². The van der Waals surface area contributed by atoms with Crippen molar-refractivity contribution in [2.75, 3.05) is 6.26 Å². The summed E-state index contributed by atoms with van der Waals surface area (Å²) in [5.41, 5.74) is 0.691. The van der Waals surface area contributed by atoms with Gasteiger partial charge in [0.05, 0.1) is 10.8 Å². The molecule has 2 aromatic heterocycles. The fourth-order valence-electron chi connectivity index (χ4n) is 1.81. The minimum absolute atomic E-state index is 0.172. The normalized spacial score (nSPS) is 12.0. The van der Waals surface area contributed by atoms with E-state index in [0.717, 1.165) is 16.7 Å². The third-order valence-electron chi connectivity index (χ3n) is 2.73. The number of para-hydroxylation sites is 1. The minimum Gasteiger partial charge on any atom is -0.435 e. The molecule has 5 nitrogen and oxygen atoms in total. The summed E-state index contributed by atoms with van der Waals surface area (Å²) in [4.78, 5) is 8.71. The summed E-state index contributed by atoms with van der Waals surface area (Å²) in [6, 6.07) is 11.3. The van der Waals surface area contributed by atoms with Gasteiger partial charge in [0.1, 0.15) is 11.6 Å². The first-order chi connectivity index (χ1) is 10.2. The quantitative estimate of drug-likeness (QED) is 0.742. The van der Waals surface area contributed by atoms with Crippen molar-refractivity contribution in [2.24, 2.45) is 0 Å². The molecular formula is C14H9N3O2S2. The highest BCUT2D eigenvalue weighted by Gasteiger charge is 2.16. The van der Waals surface area contributed by atoms with E-state index in [1.807, 2.05) is 30.3 Å². The van der Waals surface area contributed by atoms with Crippen LogP contribution < -0.4 is 4.74 Å². The Kier molecular flexibility index (Phi) is 3.64. The molecule has 0 aliphatic rings. The summed E-state index contributed by atoms with van der Waals surface area (Å²) < 4.78 is 17.6. The second-order valence-corrected chi connectivity index (χ2v) is 6.67. The number of hydrogen-bond acceptors (Lipinski definition) is 6. The van der Waals surface area contributed by atoms with Crippen LogP contribution in [0.2, 0.25) is 0 Å². The van der Waals surface area contributed by atoms with Crippen LogP contribution in [0.15, 0.2) is 40.9 Å². The second kappa shape index (κ2) is 5.60. The highest BCUT2D eigenvalue weighted by Crippen LogP contribution is 2.33. The van der Waals surface area contributed by atoms with Crippen molar-refractivity contribution in [2.45, 2.75) is 4.34 Å². The third-order valence-corrected chi connectivity index (χ3v) is 5.00. The predicted molar refractivity (Wildman–Crippen MR) is 81.0 cm³/mol. The van der Waals surface area contributed by atoms with Crippen LogP contribution in [0.1, 0.15) is 4.88 Å². The molecule has 0 saturated heterocycles. The molecule has 1 aromatic carbocycles. The molecular weight excluding hydrogens is 306 g/mol. The molecule has 0 spiro atoms. The molecule has 3 aromatic rings. The molecule has 21 heavy (non-hydrogen) atoms. The number of pyridine rings is 1. The van der Waals surface area contributed by atoms with Gasteiger partial charge in [0, 0.05) is 17.8 Å². The van der Waals surface area contributed by atoms with Crippen LogP contribution in [0.3, 0.4) is 0 Å². The van der Waals surface area contributed by atoms with E-state index in [4.69, 9.17) is 10.00 Å². The number of thiazole rings is 1. The molecule has 1 atom stereocenters. The number of nitrogens with zero attached hydrogens (tertiary/aromatic N) is 3.